The molecule has 13 nitrogen and oxygen atoms in total. The molecule has 2 unspecified atom stereocenters. The number of carbonyl (C=O) groups is 7. The van der Waals surface area contributed by atoms with Gasteiger partial charge in [-0.15, -0.1) is 0 Å². The maximum atomic E-state index is 14.0. The Bertz CT molecular complexity index is 1430. The number of esters is 1. The van der Waals surface area contributed by atoms with Crippen LogP contribution in [0.1, 0.15) is 86.1 Å². The van der Waals surface area contributed by atoms with Crippen LogP contribution in [0.25, 0.3) is 0 Å². The zero-order valence-electron chi connectivity index (χ0n) is 31.6. The van der Waals surface area contributed by atoms with E-state index in [9.17, 15) is 33.6 Å². The van der Waals surface area contributed by atoms with Gasteiger partial charge in [-0.05, 0) is 57.4 Å². The lowest BCUT2D eigenvalue weighted by Crippen LogP contribution is -2.57. The molecule has 2 rings (SSSR count). The minimum absolute atomic E-state index is 0.0204. The third-order valence-electron chi connectivity index (χ3n) is 9.14. The highest BCUT2D eigenvalue weighted by Gasteiger charge is 2.35. The molecule has 0 spiro atoms. The quantitative estimate of drug-likeness (QED) is 0.378. The first kappa shape index (κ1) is 42.6. The van der Waals surface area contributed by atoms with Crippen LogP contribution < -0.4 is 16.0 Å². The van der Waals surface area contributed by atoms with Crippen molar-refractivity contribution in [3.63, 3.8) is 0 Å². The second-order valence-electron chi connectivity index (χ2n) is 14.0. The lowest BCUT2D eigenvalue weighted by Gasteiger charge is -2.33. The molecule has 13 heteroatoms. The van der Waals surface area contributed by atoms with Crippen LogP contribution in [0.15, 0.2) is 42.0 Å². The molecule has 1 aromatic carbocycles. The van der Waals surface area contributed by atoms with E-state index in [4.69, 9.17) is 4.74 Å². The van der Waals surface area contributed by atoms with Gasteiger partial charge in [0.1, 0.15) is 18.1 Å². The van der Waals surface area contributed by atoms with Gasteiger partial charge in [0.2, 0.25) is 23.6 Å². The smallest absolute Gasteiger partial charge is 0.334 e. The molecular formula is C38H57N5O8. The number of cyclic esters (lactones) is 1. The first-order valence-corrected chi connectivity index (χ1v) is 17.8. The van der Waals surface area contributed by atoms with E-state index < -0.39 is 72.3 Å². The fourth-order valence-electron chi connectivity index (χ4n) is 5.66. The van der Waals surface area contributed by atoms with Gasteiger partial charge in [-0.25, -0.2) is 4.79 Å². The molecule has 0 aliphatic carbocycles. The second kappa shape index (κ2) is 20.3. The molecule has 0 radical (unpaired) electrons. The van der Waals surface area contributed by atoms with Crippen molar-refractivity contribution in [1.29, 1.82) is 0 Å². The summed E-state index contributed by atoms with van der Waals surface area (Å²) < 4.78 is 5.61. The molecule has 0 bridgehead atoms. The first-order chi connectivity index (χ1) is 24.0. The van der Waals surface area contributed by atoms with Crippen LogP contribution in [-0.4, -0.2) is 102 Å². The van der Waals surface area contributed by atoms with Crippen LogP contribution in [0.4, 0.5) is 0 Å². The molecular weight excluding hydrogens is 654 g/mol. The summed E-state index contributed by atoms with van der Waals surface area (Å²) in [6, 6.07) is 5.15. The minimum Gasteiger partial charge on any atom is -0.449 e. The zero-order valence-corrected chi connectivity index (χ0v) is 31.6. The number of hydrogen-bond acceptors (Lipinski definition) is 8. The summed E-state index contributed by atoms with van der Waals surface area (Å²) in [5.41, 5.74) is 1.03. The monoisotopic (exact) mass is 711 g/mol. The largest absolute Gasteiger partial charge is 0.449 e. The number of likely N-dealkylation sites (N-methyl/N-ethyl adjacent to an activating group) is 2. The van der Waals surface area contributed by atoms with Gasteiger partial charge in [0.25, 0.3) is 5.91 Å². The van der Waals surface area contributed by atoms with Gasteiger partial charge in [0.05, 0.1) is 12.6 Å². The van der Waals surface area contributed by atoms with E-state index in [1.807, 2.05) is 58.0 Å². The fourth-order valence-corrected chi connectivity index (χ4v) is 5.66. The SMILES string of the molecule is CCC(C)C1NC(=O)CN(C)C(=O)[C@@H](Cc2ccccc2)N(C)C(=O)[C@H](C)NC(=O)[C@@H](CC(C)C)OC(=O)/C(C)=C/CCCC(=O)[C@@H](C)NC1=O. The average molecular weight is 712 g/mol. The third kappa shape index (κ3) is 13.3. The van der Waals surface area contributed by atoms with Crippen LogP contribution in [0.5, 0.6) is 0 Å². The molecule has 5 amide bonds. The molecule has 1 heterocycles. The molecule has 0 saturated carbocycles. The number of ether oxygens (including phenoxy) is 1. The Kier molecular flexibility index (Phi) is 17.0. The highest BCUT2D eigenvalue weighted by atomic mass is 16.5. The first-order valence-electron chi connectivity index (χ1n) is 17.8. The van der Waals surface area contributed by atoms with E-state index in [-0.39, 0.29) is 42.5 Å². The maximum absolute atomic E-state index is 14.0. The summed E-state index contributed by atoms with van der Waals surface area (Å²) in [5.74, 6) is -4.04. The standard InChI is InChI=1S/C38H57N5O8/c1-10-24(4)33-35(47)39-26(6)30(44)19-15-14-16-25(5)38(50)51-31(20-23(2)3)34(46)40-27(7)36(48)43(9)29(21-28-17-12-11-13-18-28)37(49)42(8)22-32(45)41-33/h11-13,16-18,23-24,26-27,29,31,33H,10,14-15,19-22H2,1-9H3,(H,39,47)(H,40,46)(H,41,45)/b25-16+/t24?,26-,27+,29-,31-,33?/m1/s1. The minimum atomic E-state index is -1.18. The topological polar surface area (TPSA) is 171 Å². The summed E-state index contributed by atoms with van der Waals surface area (Å²) in [4.78, 5) is 96.1. The fraction of sp³-hybridized carbons (Fsp3) is 0.605. The van der Waals surface area contributed by atoms with Crippen LogP contribution in [-0.2, 0) is 44.7 Å². The lowest BCUT2D eigenvalue weighted by molar-refractivity contribution is -0.154. The molecule has 282 valence electrons. The highest BCUT2D eigenvalue weighted by molar-refractivity contribution is 5.96. The van der Waals surface area contributed by atoms with E-state index in [2.05, 4.69) is 16.0 Å². The summed E-state index contributed by atoms with van der Waals surface area (Å²) >= 11 is 0. The van der Waals surface area contributed by atoms with Crippen LogP contribution in [0.2, 0.25) is 0 Å². The van der Waals surface area contributed by atoms with Gasteiger partial charge in [-0.1, -0.05) is 70.5 Å². The Balaban J connectivity index is 2.50. The van der Waals surface area contributed by atoms with E-state index in [1.54, 1.807) is 19.9 Å². The van der Waals surface area contributed by atoms with Crippen LogP contribution in [0.3, 0.4) is 0 Å². The van der Waals surface area contributed by atoms with Gasteiger partial charge in [0, 0.05) is 32.5 Å². The Morgan fingerprint density at radius 1 is 0.863 bits per heavy atom. The molecule has 0 aromatic heterocycles. The number of ketones is 1. The van der Waals surface area contributed by atoms with Gasteiger partial charge in [-0.2, -0.15) is 0 Å². The zero-order chi connectivity index (χ0) is 38.4. The van der Waals surface area contributed by atoms with Crippen molar-refractivity contribution in [2.24, 2.45) is 11.8 Å². The Morgan fingerprint density at radius 2 is 1.49 bits per heavy atom. The Hall–Kier alpha value is -4.55. The Morgan fingerprint density at radius 3 is 2.10 bits per heavy atom. The average Bonchev–Trinajstić information content (AvgIpc) is 3.09. The molecule has 0 fully saturated rings. The highest BCUT2D eigenvalue weighted by Crippen LogP contribution is 2.16. The van der Waals surface area contributed by atoms with E-state index >= 15 is 0 Å². The molecule has 0 saturated heterocycles. The number of benzene rings is 1. The van der Waals surface area contributed by atoms with Crippen LogP contribution in [0, 0.1) is 11.8 Å². The van der Waals surface area contributed by atoms with Gasteiger partial charge in [-0.3, -0.25) is 28.8 Å². The molecule has 51 heavy (non-hydrogen) atoms. The normalized spacial score (nSPS) is 26.4. The van der Waals surface area contributed by atoms with Crippen molar-refractivity contribution in [3.8, 4) is 0 Å². The van der Waals surface area contributed by atoms with Gasteiger partial charge in [0.15, 0.2) is 11.9 Å². The number of allylic oxidation sites excluding steroid dienone is 1. The number of carbonyl (C=O) groups excluding carboxylic acids is 7. The number of Topliss-reactive ketones (excluding diaryl/α,β-unsaturated/α-hetero) is 1. The predicted molar refractivity (Wildman–Crippen MR) is 193 cm³/mol. The molecule has 1 aliphatic heterocycles. The molecule has 1 aliphatic rings. The second-order valence-corrected chi connectivity index (χ2v) is 14.0. The van der Waals surface area contributed by atoms with Crippen molar-refractivity contribution in [2.45, 2.75) is 117 Å². The summed E-state index contributed by atoms with van der Waals surface area (Å²) in [7, 11) is 2.90. The van der Waals surface area contributed by atoms with E-state index in [0.29, 0.717) is 19.3 Å². The summed E-state index contributed by atoms with van der Waals surface area (Å²) in [5, 5.41) is 8.12. The predicted octanol–water partition coefficient (Wildman–Crippen LogP) is 2.71. The van der Waals surface area contributed by atoms with Gasteiger partial charge < -0.3 is 30.5 Å². The van der Waals surface area contributed by atoms with Crippen molar-refractivity contribution >= 4 is 41.3 Å². The number of hydrogen-bond donors (Lipinski definition) is 3. The number of nitrogens with zero attached hydrogens (tertiary/aromatic N) is 2. The number of amides is 5. The van der Waals surface area contributed by atoms with E-state index in [1.165, 1.54) is 30.8 Å². The molecule has 1 aromatic rings. The summed E-state index contributed by atoms with van der Waals surface area (Å²) in [6.45, 7) is 11.7. The maximum Gasteiger partial charge on any atom is 0.334 e. The number of nitrogens with one attached hydrogen (secondary N) is 3. The van der Waals surface area contributed by atoms with Crippen LogP contribution >= 0.6 is 0 Å². The molecule has 3 N–H and O–H groups in total. The van der Waals surface area contributed by atoms with Crippen molar-refractivity contribution in [1.82, 2.24) is 25.8 Å². The summed E-state index contributed by atoms with van der Waals surface area (Å²) in [6.07, 6.45) is 2.27. The van der Waals surface area contributed by atoms with Crippen molar-refractivity contribution in [3.05, 3.63) is 47.5 Å². The lowest BCUT2D eigenvalue weighted by atomic mass is 9.97. The molecule has 6 atom stereocenters. The van der Waals surface area contributed by atoms with Gasteiger partial charge >= 0.3 is 5.97 Å². The third-order valence-corrected chi connectivity index (χ3v) is 9.14. The Labute approximate surface area is 302 Å². The van der Waals surface area contributed by atoms with Crippen molar-refractivity contribution < 1.29 is 38.3 Å². The number of rotatable bonds is 6. The van der Waals surface area contributed by atoms with E-state index in [0.717, 1.165) is 5.56 Å². The van der Waals surface area contributed by atoms with Crippen molar-refractivity contribution in [2.75, 3.05) is 20.6 Å².